The van der Waals surface area contributed by atoms with Gasteiger partial charge in [-0.25, -0.2) is 0 Å². The van der Waals surface area contributed by atoms with Gasteiger partial charge in [-0.05, 0) is 33.4 Å². The van der Waals surface area contributed by atoms with Crippen LogP contribution < -0.4 is 0 Å². The van der Waals surface area contributed by atoms with Crippen LogP contribution in [-0.2, 0) is 10.9 Å². The van der Waals surface area contributed by atoms with Crippen LogP contribution in [0.5, 0.6) is 17.2 Å². The minimum Gasteiger partial charge on any atom is -0.507 e. The van der Waals surface area contributed by atoms with Crippen LogP contribution in [-0.4, -0.2) is 15.3 Å². The van der Waals surface area contributed by atoms with Gasteiger partial charge in [0.1, 0.15) is 17.2 Å². The molecule has 9 aromatic rings. The first kappa shape index (κ1) is 36.4. The minimum absolute atomic E-state index is 0.200. The fourth-order valence-electron chi connectivity index (χ4n) is 7.61. The first-order valence-electron chi connectivity index (χ1n) is 19.2. The van der Waals surface area contributed by atoms with Crippen molar-refractivity contribution >= 4 is 10.9 Å². The second kappa shape index (κ2) is 16.1. The van der Waals surface area contributed by atoms with Crippen LogP contribution in [0.3, 0.4) is 0 Å². The van der Waals surface area contributed by atoms with Crippen LogP contribution in [0.4, 0.5) is 0 Å². The summed E-state index contributed by atoms with van der Waals surface area (Å²) in [5.41, 5.74) is 9.63. The molecule has 0 amide bonds. The first-order valence-corrected chi connectivity index (χ1v) is 20.4. The largest absolute Gasteiger partial charge is 0.507 e. The average molecular weight is 768 g/mol. The Morgan fingerprint density at radius 2 is 0.379 bits per heavy atom. The molecule has 9 rings (SSSR count). The topological polar surface area (TPSA) is 60.7 Å². The SMILES string of the molecule is Oc1c(-c2ccccc2)cc([S+](c2cc(-c3ccccc3)c(O)c(-c3ccccc3)c2)c2cc(-c3ccccc3)c(O)c(-c3ccccc3)c2)cc1-c1ccccc1. The van der Waals surface area contributed by atoms with E-state index in [1.165, 1.54) is 0 Å². The molecule has 4 heteroatoms. The quantitative estimate of drug-likeness (QED) is 0.128. The fraction of sp³-hybridized carbons (Fsp3) is 0. The number of aromatic hydroxyl groups is 3. The Morgan fingerprint density at radius 3 is 0.534 bits per heavy atom. The summed E-state index contributed by atoms with van der Waals surface area (Å²) in [7, 11) is -0.877. The molecule has 0 spiro atoms. The van der Waals surface area contributed by atoms with Crippen LogP contribution >= 0.6 is 0 Å². The van der Waals surface area contributed by atoms with Crippen LogP contribution in [0.2, 0.25) is 0 Å². The molecule has 0 aromatic heterocycles. The van der Waals surface area contributed by atoms with Gasteiger partial charge in [0.05, 0.1) is 10.9 Å². The van der Waals surface area contributed by atoms with Gasteiger partial charge in [-0.2, -0.15) is 0 Å². The third kappa shape index (κ3) is 7.14. The molecule has 9 aromatic carbocycles. The summed E-state index contributed by atoms with van der Waals surface area (Å²) in [5, 5.41) is 36.4. The zero-order valence-corrected chi connectivity index (χ0v) is 32.4. The second-order valence-corrected chi connectivity index (χ2v) is 16.1. The number of phenolic OH excluding ortho intramolecular Hbond substituents is 3. The normalized spacial score (nSPS) is 11.1. The fourth-order valence-corrected chi connectivity index (χ4v) is 9.84. The van der Waals surface area contributed by atoms with E-state index >= 15 is 0 Å². The van der Waals surface area contributed by atoms with Crippen molar-refractivity contribution in [3.05, 3.63) is 218 Å². The van der Waals surface area contributed by atoms with Gasteiger partial charge in [-0.3, -0.25) is 0 Å². The Hall–Kier alpha value is -7.27. The lowest BCUT2D eigenvalue weighted by atomic mass is 9.97. The Balaban J connectivity index is 1.41. The van der Waals surface area contributed by atoms with Crippen molar-refractivity contribution < 1.29 is 15.3 Å². The molecule has 0 saturated carbocycles. The van der Waals surface area contributed by atoms with Gasteiger partial charge in [-0.15, -0.1) is 0 Å². The predicted octanol–water partition coefficient (Wildman–Crippen LogP) is 13.9. The van der Waals surface area contributed by atoms with E-state index in [1.54, 1.807) is 0 Å². The van der Waals surface area contributed by atoms with Crippen LogP contribution in [0, 0.1) is 0 Å². The van der Waals surface area contributed by atoms with E-state index < -0.39 is 10.9 Å². The van der Waals surface area contributed by atoms with Gasteiger partial charge < -0.3 is 15.3 Å². The Labute approximate surface area is 341 Å². The van der Waals surface area contributed by atoms with E-state index in [9.17, 15) is 15.3 Å². The van der Waals surface area contributed by atoms with E-state index in [2.05, 4.69) is 36.4 Å². The highest BCUT2D eigenvalue weighted by Gasteiger charge is 2.35. The molecule has 0 bridgehead atoms. The maximum atomic E-state index is 12.1. The third-order valence-corrected chi connectivity index (χ3v) is 12.6. The molecule has 0 heterocycles. The van der Waals surface area contributed by atoms with Crippen molar-refractivity contribution in [2.75, 3.05) is 0 Å². The number of rotatable bonds is 9. The summed E-state index contributed by atoms with van der Waals surface area (Å²) in [4.78, 5) is 2.88. The summed E-state index contributed by atoms with van der Waals surface area (Å²) in [5.74, 6) is 0.600. The summed E-state index contributed by atoms with van der Waals surface area (Å²) in [6, 6.07) is 72.6. The van der Waals surface area contributed by atoms with Gasteiger partial charge in [0.25, 0.3) is 0 Å². The Bertz CT molecular complexity index is 2330. The van der Waals surface area contributed by atoms with E-state index in [0.717, 1.165) is 48.1 Å². The molecular weight excluding hydrogens is 729 g/mol. The number of hydrogen-bond donors (Lipinski definition) is 3. The van der Waals surface area contributed by atoms with Crippen LogP contribution in [0.25, 0.3) is 66.8 Å². The monoisotopic (exact) mass is 767 g/mol. The van der Waals surface area contributed by atoms with Gasteiger partial charge in [0.15, 0.2) is 14.7 Å². The van der Waals surface area contributed by atoms with E-state index in [-0.39, 0.29) is 17.2 Å². The van der Waals surface area contributed by atoms with Gasteiger partial charge in [-0.1, -0.05) is 182 Å². The predicted molar refractivity (Wildman–Crippen MR) is 239 cm³/mol. The minimum atomic E-state index is -0.877. The molecule has 58 heavy (non-hydrogen) atoms. The van der Waals surface area contributed by atoms with Crippen LogP contribution in [0.15, 0.2) is 233 Å². The number of phenols is 3. The molecule has 0 aliphatic heterocycles. The Morgan fingerprint density at radius 1 is 0.224 bits per heavy atom. The lowest BCUT2D eigenvalue weighted by molar-refractivity contribution is 0.478. The van der Waals surface area contributed by atoms with Gasteiger partial charge in [0, 0.05) is 69.8 Å². The van der Waals surface area contributed by atoms with Gasteiger partial charge >= 0.3 is 0 Å². The van der Waals surface area contributed by atoms with Crippen molar-refractivity contribution in [3.8, 4) is 84.0 Å². The maximum Gasteiger partial charge on any atom is 0.168 e. The molecule has 3 nitrogen and oxygen atoms in total. The molecule has 0 atom stereocenters. The van der Waals surface area contributed by atoms with E-state index in [0.29, 0.717) is 33.4 Å². The highest BCUT2D eigenvalue weighted by atomic mass is 32.2. The maximum absolute atomic E-state index is 12.1. The summed E-state index contributed by atoms with van der Waals surface area (Å²) >= 11 is 0. The molecule has 0 radical (unpaired) electrons. The first-order chi connectivity index (χ1) is 28.5. The van der Waals surface area contributed by atoms with Crippen molar-refractivity contribution in [1.82, 2.24) is 0 Å². The highest BCUT2D eigenvalue weighted by molar-refractivity contribution is 7.97. The second-order valence-electron chi connectivity index (χ2n) is 14.1. The van der Waals surface area contributed by atoms with Crippen molar-refractivity contribution in [2.45, 2.75) is 14.7 Å². The van der Waals surface area contributed by atoms with Crippen LogP contribution in [0.1, 0.15) is 0 Å². The van der Waals surface area contributed by atoms with Crippen molar-refractivity contribution in [3.63, 3.8) is 0 Å². The summed E-state index contributed by atoms with van der Waals surface area (Å²) < 4.78 is 0. The van der Waals surface area contributed by atoms with Gasteiger partial charge in [0.2, 0.25) is 0 Å². The standard InChI is InChI=1S/C54H38O3S/c55-52-46(37-19-7-1-8-20-37)31-43(32-47(52)38-21-9-2-10-22-38)58(44-33-48(39-23-11-3-12-24-39)53(56)49(34-44)40-25-13-4-14-26-40)45-35-50(41-27-15-5-16-28-41)54(57)51(36-45)42-29-17-6-18-30-42/h1-36H,(H2-,55,56,57)/p+1. The zero-order valence-electron chi connectivity index (χ0n) is 31.5. The molecule has 0 aliphatic rings. The lowest BCUT2D eigenvalue weighted by Crippen LogP contribution is -2.08. The molecule has 3 N–H and O–H groups in total. The summed E-state index contributed by atoms with van der Waals surface area (Å²) in [6.45, 7) is 0. The van der Waals surface area contributed by atoms with Crippen molar-refractivity contribution in [1.29, 1.82) is 0 Å². The van der Waals surface area contributed by atoms with E-state index in [4.69, 9.17) is 0 Å². The Kier molecular flexibility index (Phi) is 10.1. The van der Waals surface area contributed by atoms with Crippen molar-refractivity contribution in [2.24, 2.45) is 0 Å². The molecule has 278 valence electrons. The lowest BCUT2D eigenvalue weighted by Gasteiger charge is -2.19. The summed E-state index contributed by atoms with van der Waals surface area (Å²) in [6.07, 6.45) is 0. The smallest absolute Gasteiger partial charge is 0.168 e. The number of benzene rings is 9. The zero-order chi connectivity index (χ0) is 39.4. The molecule has 0 saturated heterocycles. The molecular formula is C54H39O3S+. The average Bonchev–Trinajstić information content (AvgIpc) is 3.29. The third-order valence-electron chi connectivity index (χ3n) is 10.5. The van der Waals surface area contributed by atoms with E-state index in [1.807, 2.05) is 182 Å². The molecule has 0 fully saturated rings. The molecule has 0 unspecified atom stereocenters. The number of hydrogen-bond acceptors (Lipinski definition) is 3. The highest BCUT2D eigenvalue weighted by Crippen LogP contribution is 2.49. The molecule has 0 aliphatic carbocycles.